The smallest absolute Gasteiger partial charge is 0.0812 e. The van der Waals surface area contributed by atoms with Gasteiger partial charge in [-0.1, -0.05) is 32.0 Å². The van der Waals surface area contributed by atoms with Gasteiger partial charge in [0.15, 0.2) is 0 Å². The molecule has 1 aromatic carbocycles. The molecule has 20 heavy (non-hydrogen) atoms. The summed E-state index contributed by atoms with van der Waals surface area (Å²) < 4.78 is 2.28. The summed E-state index contributed by atoms with van der Waals surface area (Å²) >= 11 is 0. The molecule has 0 fully saturated rings. The lowest BCUT2D eigenvalue weighted by molar-refractivity contribution is 0.0986. The maximum Gasteiger partial charge on any atom is 0.0812 e. The van der Waals surface area contributed by atoms with Gasteiger partial charge in [-0.05, 0) is 49.3 Å². The maximum absolute atomic E-state index is 10.4. The van der Waals surface area contributed by atoms with Gasteiger partial charge >= 0.3 is 0 Å². The number of para-hydroxylation sites is 1. The first-order valence-corrected chi connectivity index (χ1v) is 7.34. The fourth-order valence-electron chi connectivity index (χ4n) is 3.52. The standard InChI is InChI=1S/C18H23NO/c1-12-6-5-7-13(2)17(12)19-9-8-14-15(19)10-18(3,4)11-16(14)20/h5-9,16,20H,10-11H2,1-4H3. The molecule has 1 atom stereocenters. The predicted molar refractivity (Wildman–Crippen MR) is 82.3 cm³/mol. The Morgan fingerprint density at radius 1 is 1.15 bits per heavy atom. The molecule has 1 unspecified atom stereocenters. The van der Waals surface area contributed by atoms with Crippen molar-refractivity contribution >= 4 is 0 Å². The van der Waals surface area contributed by atoms with Gasteiger partial charge in [0.05, 0.1) is 11.8 Å². The van der Waals surface area contributed by atoms with Crippen molar-refractivity contribution in [2.24, 2.45) is 5.41 Å². The van der Waals surface area contributed by atoms with E-state index in [1.807, 2.05) is 0 Å². The monoisotopic (exact) mass is 269 g/mol. The van der Waals surface area contributed by atoms with Gasteiger partial charge in [0.2, 0.25) is 0 Å². The van der Waals surface area contributed by atoms with Crippen molar-refractivity contribution in [2.75, 3.05) is 0 Å². The van der Waals surface area contributed by atoms with Gasteiger partial charge in [-0.15, -0.1) is 0 Å². The zero-order valence-corrected chi connectivity index (χ0v) is 12.8. The number of nitrogens with zero attached hydrogens (tertiary/aromatic N) is 1. The molecule has 2 nitrogen and oxygen atoms in total. The average Bonchev–Trinajstić information content (AvgIpc) is 2.71. The SMILES string of the molecule is Cc1cccc(C)c1-n1ccc2c1CC(C)(C)CC2O. The largest absolute Gasteiger partial charge is 0.388 e. The minimum absolute atomic E-state index is 0.152. The van der Waals surface area contributed by atoms with Crippen molar-refractivity contribution in [3.63, 3.8) is 0 Å². The molecule has 2 aromatic rings. The zero-order chi connectivity index (χ0) is 14.5. The van der Waals surface area contributed by atoms with Crippen LogP contribution in [0.3, 0.4) is 0 Å². The van der Waals surface area contributed by atoms with E-state index >= 15 is 0 Å². The van der Waals surface area contributed by atoms with E-state index in [-0.39, 0.29) is 11.5 Å². The van der Waals surface area contributed by atoms with E-state index in [2.05, 4.69) is 62.7 Å². The lowest BCUT2D eigenvalue weighted by Gasteiger charge is -2.34. The highest BCUT2D eigenvalue weighted by Crippen LogP contribution is 2.42. The van der Waals surface area contributed by atoms with Crippen LogP contribution in [0.5, 0.6) is 0 Å². The molecule has 0 aliphatic heterocycles. The van der Waals surface area contributed by atoms with E-state index in [0.717, 1.165) is 18.4 Å². The molecule has 0 spiro atoms. The number of aryl methyl sites for hydroxylation is 2. The third-order valence-electron chi connectivity index (χ3n) is 4.46. The van der Waals surface area contributed by atoms with Crippen molar-refractivity contribution in [1.82, 2.24) is 4.57 Å². The Hall–Kier alpha value is -1.54. The molecule has 0 amide bonds. The number of rotatable bonds is 1. The molecule has 1 aliphatic carbocycles. The van der Waals surface area contributed by atoms with Crippen molar-refractivity contribution in [1.29, 1.82) is 0 Å². The number of hydrogen-bond donors (Lipinski definition) is 1. The summed E-state index contributed by atoms with van der Waals surface area (Å²) in [6, 6.07) is 8.49. The van der Waals surface area contributed by atoms with Gasteiger partial charge in [0.1, 0.15) is 0 Å². The lowest BCUT2D eigenvalue weighted by Crippen LogP contribution is -2.26. The van der Waals surface area contributed by atoms with E-state index in [9.17, 15) is 5.11 Å². The summed E-state index contributed by atoms with van der Waals surface area (Å²) in [5.74, 6) is 0. The molecule has 1 heterocycles. The van der Waals surface area contributed by atoms with Gasteiger partial charge < -0.3 is 9.67 Å². The third kappa shape index (κ3) is 2.08. The van der Waals surface area contributed by atoms with Crippen LogP contribution in [0.4, 0.5) is 0 Å². The van der Waals surface area contributed by atoms with Crippen LogP contribution in [0.1, 0.15) is 48.8 Å². The molecule has 0 saturated heterocycles. The number of aliphatic hydroxyl groups excluding tert-OH is 1. The molecule has 106 valence electrons. The second-order valence-corrected chi connectivity index (χ2v) is 6.89. The van der Waals surface area contributed by atoms with E-state index < -0.39 is 0 Å². The number of fused-ring (bicyclic) bond motifs is 1. The van der Waals surface area contributed by atoms with Crippen molar-refractivity contribution in [2.45, 2.75) is 46.6 Å². The Kier molecular flexibility index (Phi) is 3.02. The second kappa shape index (κ2) is 4.49. The van der Waals surface area contributed by atoms with Crippen LogP contribution in [0, 0.1) is 19.3 Å². The first kappa shape index (κ1) is 13.4. The summed E-state index contributed by atoms with van der Waals surface area (Å²) in [4.78, 5) is 0. The van der Waals surface area contributed by atoms with Crippen LogP contribution < -0.4 is 0 Å². The Balaban J connectivity index is 2.19. The van der Waals surface area contributed by atoms with Gasteiger partial charge in [-0.3, -0.25) is 0 Å². The molecule has 3 rings (SSSR count). The first-order chi connectivity index (χ1) is 9.39. The quantitative estimate of drug-likeness (QED) is 0.828. The third-order valence-corrected chi connectivity index (χ3v) is 4.46. The molecular weight excluding hydrogens is 246 g/mol. The Morgan fingerprint density at radius 3 is 2.45 bits per heavy atom. The van der Waals surface area contributed by atoms with E-state index in [1.54, 1.807) is 0 Å². The predicted octanol–water partition coefficient (Wildman–Crippen LogP) is 4.10. The van der Waals surface area contributed by atoms with E-state index in [4.69, 9.17) is 0 Å². The minimum Gasteiger partial charge on any atom is -0.388 e. The summed E-state index contributed by atoms with van der Waals surface area (Å²) in [6.45, 7) is 8.78. The Morgan fingerprint density at radius 2 is 1.80 bits per heavy atom. The average molecular weight is 269 g/mol. The van der Waals surface area contributed by atoms with Crippen molar-refractivity contribution in [3.05, 3.63) is 52.8 Å². The Labute approximate surface area is 121 Å². The van der Waals surface area contributed by atoms with Crippen LogP contribution in [-0.4, -0.2) is 9.67 Å². The normalized spacial score (nSPS) is 20.8. The highest BCUT2D eigenvalue weighted by atomic mass is 16.3. The fraction of sp³-hybridized carbons (Fsp3) is 0.444. The molecule has 1 N–H and O–H groups in total. The van der Waals surface area contributed by atoms with Crippen LogP contribution in [-0.2, 0) is 6.42 Å². The second-order valence-electron chi connectivity index (χ2n) is 6.89. The van der Waals surface area contributed by atoms with Gasteiger partial charge in [0.25, 0.3) is 0 Å². The topological polar surface area (TPSA) is 25.2 Å². The van der Waals surface area contributed by atoms with Crippen LogP contribution >= 0.6 is 0 Å². The zero-order valence-electron chi connectivity index (χ0n) is 12.8. The van der Waals surface area contributed by atoms with Gasteiger partial charge in [0, 0.05) is 17.5 Å². The molecule has 0 bridgehead atoms. The molecule has 0 saturated carbocycles. The van der Waals surface area contributed by atoms with Crippen molar-refractivity contribution < 1.29 is 5.11 Å². The minimum atomic E-state index is -0.334. The fourth-order valence-corrected chi connectivity index (χ4v) is 3.52. The summed E-state index contributed by atoms with van der Waals surface area (Å²) in [5, 5.41) is 10.4. The molecule has 2 heteroatoms. The van der Waals surface area contributed by atoms with E-state index in [0.29, 0.717) is 0 Å². The first-order valence-electron chi connectivity index (χ1n) is 7.34. The number of aromatic nitrogens is 1. The Bertz CT molecular complexity index is 631. The number of benzene rings is 1. The van der Waals surface area contributed by atoms with Crippen LogP contribution in [0.2, 0.25) is 0 Å². The highest BCUT2D eigenvalue weighted by molar-refractivity contribution is 5.50. The van der Waals surface area contributed by atoms with Crippen LogP contribution in [0.15, 0.2) is 30.5 Å². The van der Waals surface area contributed by atoms with Crippen LogP contribution in [0.25, 0.3) is 5.69 Å². The summed E-state index contributed by atoms with van der Waals surface area (Å²) in [6.07, 6.45) is 3.64. The maximum atomic E-state index is 10.4. The number of hydrogen-bond acceptors (Lipinski definition) is 1. The molecule has 1 aromatic heterocycles. The summed E-state index contributed by atoms with van der Waals surface area (Å²) in [7, 11) is 0. The van der Waals surface area contributed by atoms with Crippen molar-refractivity contribution in [3.8, 4) is 5.69 Å². The van der Waals surface area contributed by atoms with Gasteiger partial charge in [-0.2, -0.15) is 0 Å². The molecule has 0 radical (unpaired) electrons. The molecular formula is C18H23NO. The van der Waals surface area contributed by atoms with E-state index in [1.165, 1.54) is 22.5 Å². The number of aliphatic hydroxyl groups is 1. The summed E-state index contributed by atoms with van der Waals surface area (Å²) in [5.41, 5.74) is 6.35. The lowest BCUT2D eigenvalue weighted by atomic mass is 9.75. The molecule has 1 aliphatic rings. The van der Waals surface area contributed by atoms with Gasteiger partial charge in [-0.25, -0.2) is 0 Å². The highest BCUT2D eigenvalue weighted by Gasteiger charge is 2.33.